The van der Waals surface area contributed by atoms with Crippen molar-refractivity contribution < 1.29 is 9.84 Å². The predicted molar refractivity (Wildman–Crippen MR) is 27.8 cm³/mol. The number of aliphatic hydroxyl groups excluding tert-OH is 1. The molecule has 0 heterocycles. The van der Waals surface area contributed by atoms with E-state index in [1.165, 1.54) is 0 Å². The van der Waals surface area contributed by atoms with Crippen LogP contribution in [0.3, 0.4) is 0 Å². The molecule has 0 fully saturated rings. The second kappa shape index (κ2) is 3.33. The summed E-state index contributed by atoms with van der Waals surface area (Å²) in [4.78, 5) is 0. The second-order valence-electron chi connectivity index (χ2n) is 1.23. The number of aliphatic hydroxyl groups is 1. The van der Waals surface area contributed by atoms with Gasteiger partial charge in [-0.15, -0.1) is 0 Å². The first-order chi connectivity index (χ1) is 2.81. The summed E-state index contributed by atoms with van der Waals surface area (Å²) in [7, 11) is 2.52. The molecule has 0 spiro atoms. The van der Waals surface area contributed by atoms with Crippen molar-refractivity contribution in [3.05, 3.63) is 0 Å². The lowest BCUT2D eigenvalue weighted by Crippen LogP contribution is -2.14. The molecule has 0 aromatic carbocycles. The molecule has 3 heteroatoms. The molecule has 1 unspecified atom stereocenters. The Hall–Kier alpha value is 0.137. The number of hydrogen-bond donors (Lipinski definition) is 1. The minimum atomic E-state index is 0.130. The van der Waals surface area contributed by atoms with Crippen LogP contribution >= 0.6 is 0 Å². The van der Waals surface area contributed by atoms with E-state index in [-0.39, 0.29) is 12.3 Å². The summed E-state index contributed by atoms with van der Waals surface area (Å²) >= 11 is 0. The monoisotopic (exact) mass is 106 g/mol. The SMILES string of the molecule is COC([SiH3])CO. The van der Waals surface area contributed by atoms with E-state index in [9.17, 15) is 0 Å². The molecule has 1 N–H and O–H groups in total. The van der Waals surface area contributed by atoms with Gasteiger partial charge in [0, 0.05) is 17.4 Å². The lowest BCUT2D eigenvalue weighted by molar-refractivity contribution is 0.104. The van der Waals surface area contributed by atoms with E-state index in [1.54, 1.807) is 7.11 Å². The smallest absolute Gasteiger partial charge is 0.0653 e. The summed E-state index contributed by atoms with van der Waals surface area (Å²) in [6.07, 6.45) is 0. The van der Waals surface area contributed by atoms with Gasteiger partial charge in [0.05, 0.1) is 12.3 Å². The Morgan fingerprint density at radius 1 is 2.00 bits per heavy atom. The van der Waals surface area contributed by atoms with Crippen molar-refractivity contribution in [2.75, 3.05) is 13.7 Å². The van der Waals surface area contributed by atoms with Crippen LogP contribution in [0.4, 0.5) is 0 Å². The predicted octanol–water partition coefficient (Wildman–Crippen LogP) is -1.68. The zero-order valence-electron chi connectivity index (χ0n) is 4.14. The van der Waals surface area contributed by atoms with Crippen molar-refractivity contribution in [3.8, 4) is 0 Å². The standard InChI is InChI=1S/C3H10O2Si/c1-5-3(6)2-4/h3-4H,2H2,1,6H3. The van der Waals surface area contributed by atoms with E-state index in [1.807, 2.05) is 0 Å². The van der Waals surface area contributed by atoms with Gasteiger partial charge in [-0.05, 0) is 0 Å². The zero-order valence-corrected chi connectivity index (χ0v) is 6.14. The van der Waals surface area contributed by atoms with Gasteiger partial charge in [-0.3, -0.25) is 0 Å². The Labute approximate surface area is 40.5 Å². The minimum Gasteiger partial charge on any atom is -0.394 e. The molecule has 0 saturated heterocycles. The molecule has 0 rings (SSSR count). The first kappa shape index (κ1) is 6.14. The Bertz CT molecular complexity index is 28.0. The topological polar surface area (TPSA) is 29.5 Å². The molecule has 1 atom stereocenters. The summed E-state index contributed by atoms with van der Waals surface area (Å²) in [5.41, 5.74) is 0.130. The van der Waals surface area contributed by atoms with Gasteiger partial charge in [0.1, 0.15) is 0 Å². The van der Waals surface area contributed by atoms with E-state index >= 15 is 0 Å². The Morgan fingerprint density at radius 3 is 2.50 bits per heavy atom. The molecule has 0 amide bonds. The van der Waals surface area contributed by atoms with Crippen molar-refractivity contribution in [3.63, 3.8) is 0 Å². The highest BCUT2D eigenvalue weighted by molar-refractivity contribution is 6.11. The van der Waals surface area contributed by atoms with Crippen molar-refractivity contribution in [1.29, 1.82) is 0 Å². The molecule has 0 aliphatic heterocycles. The van der Waals surface area contributed by atoms with Crippen molar-refractivity contribution in [2.24, 2.45) is 0 Å². The van der Waals surface area contributed by atoms with E-state index in [4.69, 9.17) is 9.84 Å². The third kappa shape index (κ3) is 2.38. The van der Waals surface area contributed by atoms with E-state index in [0.717, 1.165) is 10.2 Å². The van der Waals surface area contributed by atoms with Crippen LogP contribution < -0.4 is 0 Å². The van der Waals surface area contributed by atoms with Crippen LogP contribution in [-0.4, -0.2) is 34.8 Å². The van der Waals surface area contributed by atoms with Gasteiger partial charge in [-0.1, -0.05) is 0 Å². The highest BCUT2D eigenvalue weighted by atomic mass is 28.1. The summed E-state index contributed by atoms with van der Waals surface area (Å²) < 4.78 is 4.71. The first-order valence-electron chi connectivity index (χ1n) is 1.95. The highest BCUT2D eigenvalue weighted by Crippen LogP contribution is 1.74. The van der Waals surface area contributed by atoms with Crippen LogP contribution in [0.25, 0.3) is 0 Å². The number of rotatable bonds is 2. The Kier molecular flexibility index (Phi) is 3.41. The van der Waals surface area contributed by atoms with Crippen molar-refractivity contribution >= 4 is 10.2 Å². The van der Waals surface area contributed by atoms with Gasteiger partial charge in [0.25, 0.3) is 0 Å². The lowest BCUT2D eigenvalue weighted by Gasteiger charge is -2.00. The van der Waals surface area contributed by atoms with Gasteiger partial charge in [0.15, 0.2) is 0 Å². The average Bonchev–Trinajstić information content (AvgIpc) is 1.65. The molecule has 0 saturated carbocycles. The third-order valence-corrected chi connectivity index (χ3v) is 1.50. The molecule has 38 valence electrons. The molecule has 0 aliphatic rings. The second-order valence-corrected chi connectivity index (χ2v) is 2.52. The largest absolute Gasteiger partial charge is 0.394 e. The zero-order chi connectivity index (χ0) is 4.99. The van der Waals surface area contributed by atoms with Gasteiger partial charge in [-0.2, -0.15) is 0 Å². The average molecular weight is 106 g/mol. The maximum atomic E-state index is 8.24. The van der Waals surface area contributed by atoms with Crippen LogP contribution in [0.5, 0.6) is 0 Å². The van der Waals surface area contributed by atoms with Crippen LogP contribution in [-0.2, 0) is 4.74 Å². The molecule has 0 bridgehead atoms. The maximum absolute atomic E-state index is 8.24. The van der Waals surface area contributed by atoms with Crippen LogP contribution in [0.1, 0.15) is 0 Å². The van der Waals surface area contributed by atoms with Crippen LogP contribution in [0.2, 0.25) is 0 Å². The molecule has 0 aliphatic carbocycles. The van der Waals surface area contributed by atoms with Gasteiger partial charge in [0.2, 0.25) is 0 Å². The van der Waals surface area contributed by atoms with E-state index in [0.29, 0.717) is 0 Å². The number of ether oxygens (including phenoxy) is 1. The molecule has 0 aromatic rings. The van der Waals surface area contributed by atoms with Crippen LogP contribution in [0, 0.1) is 0 Å². The van der Waals surface area contributed by atoms with Crippen molar-refractivity contribution in [2.45, 2.75) is 5.73 Å². The lowest BCUT2D eigenvalue weighted by atomic mass is 10.8. The first-order valence-corrected chi connectivity index (χ1v) is 3.10. The molecule has 2 nitrogen and oxygen atoms in total. The Morgan fingerprint density at radius 2 is 2.50 bits per heavy atom. The molecule has 0 radical (unpaired) electrons. The quantitative estimate of drug-likeness (QED) is 0.426. The third-order valence-electron chi connectivity index (χ3n) is 0.659. The fraction of sp³-hybridized carbons (Fsp3) is 1.00. The summed E-state index contributed by atoms with van der Waals surface area (Å²) in [6.45, 7) is 0.169. The summed E-state index contributed by atoms with van der Waals surface area (Å²) in [5.74, 6) is 0. The number of hydrogen-bond acceptors (Lipinski definition) is 2. The normalized spacial score (nSPS) is 15.0. The fourth-order valence-electron chi connectivity index (χ4n) is 0.0745. The molecular formula is C3H10O2Si. The molecule has 6 heavy (non-hydrogen) atoms. The maximum Gasteiger partial charge on any atom is 0.0653 e. The van der Waals surface area contributed by atoms with E-state index < -0.39 is 0 Å². The summed E-state index contributed by atoms with van der Waals surface area (Å²) in [6, 6.07) is 0. The number of methoxy groups -OCH3 is 1. The van der Waals surface area contributed by atoms with E-state index in [2.05, 4.69) is 0 Å². The fourth-order valence-corrected chi connectivity index (χ4v) is 0.0745. The molecule has 0 aromatic heterocycles. The van der Waals surface area contributed by atoms with Gasteiger partial charge >= 0.3 is 0 Å². The van der Waals surface area contributed by atoms with Crippen molar-refractivity contribution in [1.82, 2.24) is 0 Å². The van der Waals surface area contributed by atoms with Crippen LogP contribution in [0.15, 0.2) is 0 Å². The minimum absolute atomic E-state index is 0.130. The Balaban J connectivity index is 2.75. The summed E-state index contributed by atoms with van der Waals surface area (Å²) in [5, 5.41) is 8.24. The van der Waals surface area contributed by atoms with Gasteiger partial charge < -0.3 is 9.84 Å². The van der Waals surface area contributed by atoms with Gasteiger partial charge in [-0.25, -0.2) is 0 Å². The highest BCUT2D eigenvalue weighted by Gasteiger charge is 1.90. The molecular weight excluding hydrogens is 96.1 g/mol.